The maximum Gasteiger partial charge on any atom is 0.422 e. The van der Waals surface area contributed by atoms with Gasteiger partial charge < -0.3 is 20.1 Å². The minimum atomic E-state index is -4.52. The van der Waals surface area contributed by atoms with E-state index >= 15 is 0 Å². The average Bonchev–Trinajstić information content (AvgIpc) is 2.97. The van der Waals surface area contributed by atoms with Crippen LogP contribution >= 0.6 is 11.6 Å². The normalized spacial score (nSPS) is 14.5. The largest absolute Gasteiger partial charge is 0.467 e. The summed E-state index contributed by atoms with van der Waals surface area (Å²) in [6.07, 6.45) is -3.14. The summed E-state index contributed by atoms with van der Waals surface area (Å²) in [5.74, 6) is -1.18. The van der Waals surface area contributed by atoms with Gasteiger partial charge in [-0.05, 0) is 24.6 Å². The molecule has 1 unspecified atom stereocenters. The minimum Gasteiger partial charge on any atom is -0.467 e. The fourth-order valence-electron chi connectivity index (χ4n) is 2.77. The Hall–Kier alpha value is -2.92. The van der Waals surface area contributed by atoms with Crippen LogP contribution < -0.4 is 10.1 Å². The molecule has 0 radical (unpaired) electrons. The number of carbonyl (C=O) groups excluding carboxylic acids is 2. The van der Waals surface area contributed by atoms with Gasteiger partial charge in [0.15, 0.2) is 6.61 Å². The topological polar surface area (TPSA) is 105 Å². The predicted molar refractivity (Wildman–Crippen MR) is 98.9 cm³/mol. The minimum absolute atomic E-state index is 0.0730. The van der Waals surface area contributed by atoms with Crippen LogP contribution in [0.4, 0.5) is 19.0 Å². The molecule has 8 nitrogen and oxygen atoms in total. The Bertz CT molecular complexity index is 984. The van der Waals surface area contributed by atoms with Crippen LogP contribution in [0.1, 0.15) is 28.4 Å². The molecule has 1 aliphatic rings. The molecule has 2 aromatic rings. The number of anilines is 1. The number of carbonyl (C=O) groups is 2. The molecule has 3 rings (SSSR count). The Morgan fingerprint density at radius 1 is 1.43 bits per heavy atom. The lowest BCUT2D eigenvalue weighted by molar-refractivity contribution is -0.154. The van der Waals surface area contributed by atoms with Crippen LogP contribution in [0.15, 0.2) is 24.5 Å². The lowest BCUT2D eigenvalue weighted by Gasteiger charge is -2.16. The fraction of sp³-hybridized carbons (Fsp3) is 0.333. The number of hydrogen-bond acceptors (Lipinski definition) is 6. The number of alkyl halides is 3. The van der Waals surface area contributed by atoms with E-state index in [1.165, 1.54) is 36.4 Å². The fourth-order valence-corrected chi connectivity index (χ4v) is 3.01. The van der Waals surface area contributed by atoms with E-state index < -0.39 is 24.8 Å². The molecule has 30 heavy (non-hydrogen) atoms. The van der Waals surface area contributed by atoms with Crippen LogP contribution in [-0.4, -0.2) is 50.7 Å². The van der Waals surface area contributed by atoms with E-state index in [2.05, 4.69) is 20.0 Å². The van der Waals surface area contributed by atoms with Crippen molar-refractivity contribution in [3.8, 4) is 5.88 Å². The van der Waals surface area contributed by atoms with Crippen LogP contribution in [0.3, 0.4) is 0 Å². The van der Waals surface area contributed by atoms with Crippen molar-refractivity contribution in [3.05, 3.63) is 46.2 Å². The van der Waals surface area contributed by atoms with Gasteiger partial charge in [0.05, 0.1) is 6.54 Å². The van der Waals surface area contributed by atoms with Crippen LogP contribution in [0.2, 0.25) is 5.02 Å². The van der Waals surface area contributed by atoms with Crippen molar-refractivity contribution in [2.75, 3.05) is 11.9 Å². The molecule has 2 amide bonds. The molecule has 1 aliphatic heterocycles. The average molecular weight is 445 g/mol. The summed E-state index contributed by atoms with van der Waals surface area (Å²) in [4.78, 5) is 33.7. The SMILES string of the molecule is CC(O)C(=O)Nc1nccc2c1CN(Cc1cnc(OCC(F)(F)F)c(Cl)c1)C2=O. The second kappa shape index (κ2) is 8.44. The number of aliphatic hydroxyl groups excluding tert-OH is 1. The third-order valence-electron chi connectivity index (χ3n) is 4.15. The maximum absolute atomic E-state index is 12.7. The summed E-state index contributed by atoms with van der Waals surface area (Å²) in [5, 5.41) is 11.7. The highest BCUT2D eigenvalue weighted by Gasteiger charge is 2.31. The van der Waals surface area contributed by atoms with Gasteiger partial charge in [0, 0.05) is 30.1 Å². The number of hydrogen-bond donors (Lipinski definition) is 2. The Labute approximate surface area is 173 Å². The third-order valence-corrected chi connectivity index (χ3v) is 4.42. The van der Waals surface area contributed by atoms with E-state index in [0.29, 0.717) is 16.7 Å². The summed E-state index contributed by atoms with van der Waals surface area (Å²) in [5.41, 5.74) is 1.30. The Balaban J connectivity index is 1.73. The highest BCUT2D eigenvalue weighted by molar-refractivity contribution is 6.31. The first-order chi connectivity index (χ1) is 14.0. The summed E-state index contributed by atoms with van der Waals surface area (Å²) in [7, 11) is 0. The number of ether oxygens (including phenoxy) is 1. The van der Waals surface area contributed by atoms with Gasteiger partial charge in [-0.3, -0.25) is 9.59 Å². The van der Waals surface area contributed by atoms with Gasteiger partial charge in [0.1, 0.15) is 16.9 Å². The molecule has 0 spiro atoms. The van der Waals surface area contributed by atoms with Crippen LogP contribution in [-0.2, 0) is 17.9 Å². The maximum atomic E-state index is 12.7. The molecule has 12 heteroatoms. The zero-order valence-electron chi connectivity index (χ0n) is 15.5. The van der Waals surface area contributed by atoms with Crippen molar-refractivity contribution in [3.63, 3.8) is 0 Å². The number of rotatable bonds is 6. The highest BCUT2D eigenvalue weighted by atomic mass is 35.5. The Morgan fingerprint density at radius 2 is 2.17 bits per heavy atom. The van der Waals surface area contributed by atoms with E-state index in [1.807, 2.05) is 0 Å². The Kier molecular flexibility index (Phi) is 6.13. The molecular formula is C18H16ClF3N4O4. The van der Waals surface area contributed by atoms with E-state index in [0.717, 1.165) is 0 Å². The monoisotopic (exact) mass is 444 g/mol. The zero-order chi connectivity index (χ0) is 22.1. The zero-order valence-corrected chi connectivity index (χ0v) is 16.3. The van der Waals surface area contributed by atoms with Crippen LogP contribution in [0.25, 0.3) is 0 Å². The first kappa shape index (κ1) is 21.8. The second-order valence-electron chi connectivity index (χ2n) is 6.55. The first-order valence-corrected chi connectivity index (χ1v) is 9.03. The lowest BCUT2D eigenvalue weighted by Crippen LogP contribution is -2.26. The van der Waals surface area contributed by atoms with Gasteiger partial charge >= 0.3 is 6.18 Å². The molecule has 0 saturated carbocycles. The summed E-state index contributed by atoms with van der Waals surface area (Å²) < 4.78 is 41.4. The first-order valence-electron chi connectivity index (χ1n) is 8.65. The molecule has 3 heterocycles. The van der Waals surface area contributed by atoms with Gasteiger partial charge in [-0.2, -0.15) is 13.2 Å². The molecular weight excluding hydrogens is 429 g/mol. The number of halogens is 4. The number of aliphatic hydroxyl groups is 1. The van der Waals surface area contributed by atoms with E-state index in [4.69, 9.17) is 11.6 Å². The summed E-state index contributed by atoms with van der Waals surface area (Å²) in [6, 6.07) is 2.87. The lowest BCUT2D eigenvalue weighted by atomic mass is 10.1. The van der Waals surface area contributed by atoms with E-state index in [-0.39, 0.29) is 35.7 Å². The van der Waals surface area contributed by atoms with Crippen molar-refractivity contribution in [2.45, 2.75) is 32.3 Å². The number of fused-ring (bicyclic) bond motifs is 1. The summed E-state index contributed by atoms with van der Waals surface area (Å²) >= 11 is 5.94. The number of pyridine rings is 2. The second-order valence-corrected chi connectivity index (χ2v) is 6.95. The van der Waals surface area contributed by atoms with Gasteiger partial charge in [-0.1, -0.05) is 11.6 Å². The van der Waals surface area contributed by atoms with E-state index in [9.17, 15) is 27.9 Å². The number of nitrogens with one attached hydrogen (secondary N) is 1. The van der Waals surface area contributed by atoms with Crippen molar-refractivity contribution >= 4 is 29.2 Å². The quantitative estimate of drug-likeness (QED) is 0.709. The van der Waals surface area contributed by atoms with Crippen LogP contribution in [0, 0.1) is 0 Å². The molecule has 0 aliphatic carbocycles. The summed E-state index contributed by atoms with van der Waals surface area (Å²) in [6.45, 7) is -0.0212. The van der Waals surface area contributed by atoms with Gasteiger partial charge in [0.2, 0.25) is 5.88 Å². The van der Waals surface area contributed by atoms with Gasteiger partial charge in [-0.15, -0.1) is 0 Å². The molecule has 0 bridgehead atoms. The number of aromatic nitrogens is 2. The smallest absolute Gasteiger partial charge is 0.422 e. The van der Waals surface area contributed by atoms with Crippen LogP contribution in [0.5, 0.6) is 5.88 Å². The van der Waals surface area contributed by atoms with Crippen molar-refractivity contribution in [1.29, 1.82) is 0 Å². The van der Waals surface area contributed by atoms with Crippen molar-refractivity contribution in [1.82, 2.24) is 14.9 Å². The predicted octanol–water partition coefficient (Wildman–Crippen LogP) is 2.55. The third kappa shape index (κ3) is 4.97. The molecule has 2 aromatic heterocycles. The molecule has 0 fully saturated rings. The molecule has 2 N–H and O–H groups in total. The Morgan fingerprint density at radius 3 is 2.80 bits per heavy atom. The van der Waals surface area contributed by atoms with E-state index in [1.54, 1.807) is 0 Å². The molecule has 1 atom stereocenters. The number of nitrogens with zero attached hydrogens (tertiary/aromatic N) is 3. The van der Waals surface area contributed by atoms with Crippen molar-refractivity contribution < 1.29 is 32.6 Å². The standard InChI is InChI=1S/C18H16ClF3N4O4/c1-9(27)15(28)25-14-12-7-26(17(29)11(12)2-3-23-14)6-10-4-13(19)16(24-5-10)30-8-18(20,21)22/h2-5,9,27H,6-8H2,1H3,(H,23,25,28). The molecule has 160 valence electrons. The highest BCUT2D eigenvalue weighted by Crippen LogP contribution is 2.30. The van der Waals surface area contributed by atoms with Crippen molar-refractivity contribution in [2.24, 2.45) is 0 Å². The van der Waals surface area contributed by atoms with Gasteiger partial charge in [0.25, 0.3) is 11.8 Å². The number of amides is 2. The molecule has 0 aromatic carbocycles. The molecule has 0 saturated heterocycles. The van der Waals surface area contributed by atoms with Gasteiger partial charge in [-0.25, -0.2) is 9.97 Å².